The van der Waals surface area contributed by atoms with E-state index in [2.05, 4.69) is 5.32 Å². The van der Waals surface area contributed by atoms with E-state index >= 15 is 0 Å². The summed E-state index contributed by atoms with van der Waals surface area (Å²) in [7, 11) is 0. The zero-order chi connectivity index (χ0) is 15.3. The van der Waals surface area contributed by atoms with Gasteiger partial charge in [0, 0.05) is 18.2 Å². The van der Waals surface area contributed by atoms with Gasteiger partial charge in [-0.25, -0.2) is 0 Å². The first-order chi connectivity index (χ1) is 9.34. The minimum atomic E-state index is -0.629. The minimum absolute atomic E-state index is 0.0484. The van der Waals surface area contributed by atoms with Crippen molar-refractivity contribution in [3.63, 3.8) is 0 Å². The van der Waals surface area contributed by atoms with Crippen LogP contribution in [0.15, 0.2) is 18.2 Å². The van der Waals surface area contributed by atoms with Gasteiger partial charge in [0.05, 0.1) is 9.95 Å². The Morgan fingerprint density at radius 1 is 1.45 bits per heavy atom. The van der Waals surface area contributed by atoms with E-state index in [1.807, 2.05) is 13.8 Å². The third-order valence-electron chi connectivity index (χ3n) is 3.42. The van der Waals surface area contributed by atoms with Crippen LogP contribution >= 0.6 is 11.6 Å². The SMILES string of the molecule is CCC(N)(CC)CNC(=O)c1c(Cl)cccc1[N+](=O)[O-]. The number of nitro groups is 1. The molecule has 6 nitrogen and oxygen atoms in total. The molecule has 1 aromatic carbocycles. The molecule has 0 spiro atoms. The van der Waals surface area contributed by atoms with E-state index < -0.39 is 16.4 Å². The molecular formula is C13H18ClN3O3. The van der Waals surface area contributed by atoms with Crippen LogP contribution in [0.5, 0.6) is 0 Å². The van der Waals surface area contributed by atoms with Gasteiger partial charge in [0.1, 0.15) is 5.56 Å². The summed E-state index contributed by atoms with van der Waals surface area (Å²) in [4.78, 5) is 22.4. The fourth-order valence-electron chi connectivity index (χ4n) is 1.73. The van der Waals surface area contributed by atoms with Crippen LogP contribution in [0.4, 0.5) is 5.69 Å². The number of nitrogens with two attached hydrogens (primary N) is 1. The highest BCUT2D eigenvalue weighted by molar-refractivity contribution is 6.34. The minimum Gasteiger partial charge on any atom is -0.350 e. The van der Waals surface area contributed by atoms with Crippen LogP contribution < -0.4 is 11.1 Å². The molecule has 0 atom stereocenters. The number of nitrogens with one attached hydrogen (secondary N) is 1. The molecule has 0 aliphatic heterocycles. The van der Waals surface area contributed by atoms with Crippen molar-refractivity contribution in [2.45, 2.75) is 32.2 Å². The Balaban J connectivity index is 2.96. The molecule has 20 heavy (non-hydrogen) atoms. The first-order valence-electron chi connectivity index (χ1n) is 6.34. The first-order valence-corrected chi connectivity index (χ1v) is 6.72. The number of carbonyl (C=O) groups excluding carboxylic acids is 1. The van der Waals surface area contributed by atoms with Crippen molar-refractivity contribution >= 4 is 23.2 Å². The second kappa shape index (κ2) is 6.67. The van der Waals surface area contributed by atoms with E-state index in [0.29, 0.717) is 12.8 Å². The number of hydrogen-bond donors (Lipinski definition) is 2. The summed E-state index contributed by atoms with van der Waals surface area (Å²) in [5.41, 5.74) is 5.11. The Labute approximate surface area is 122 Å². The molecular weight excluding hydrogens is 282 g/mol. The van der Waals surface area contributed by atoms with Crippen molar-refractivity contribution in [2.75, 3.05) is 6.54 Å². The van der Waals surface area contributed by atoms with Gasteiger partial charge in [0.2, 0.25) is 0 Å². The van der Waals surface area contributed by atoms with Gasteiger partial charge in [-0.3, -0.25) is 14.9 Å². The van der Waals surface area contributed by atoms with Crippen molar-refractivity contribution in [2.24, 2.45) is 5.73 Å². The molecule has 0 saturated carbocycles. The predicted octanol–water partition coefficient (Wildman–Crippen LogP) is 2.50. The fraction of sp³-hybridized carbons (Fsp3) is 0.462. The van der Waals surface area contributed by atoms with Crippen LogP contribution in [0, 0.1) is 10.1 Å². The van der Waals surface area contributed by atoms with Crippen LogP contribution in [-0.2, 0) is 0 Å². The molecule has 0 aliphatic carbocycles. The van der Waals surface area contributed by atoms with Gasteiger partial charge in [0.15, 0.2) is 0 Å². The quantitative estimate of drug-likeness (QED) is 0.623. The summed E-state index contributed by atoms with van der Waals surface area (Å²) in [6.45, 7) is 4.09. The van der Waals surface area contributed by atoms with Crippen LogP contribution in [0.3, 0.4) is 0 Å². The molecule has 0 radical (unpaired) electrons. The zero-order valence-corrected chi connectivity index (χ0v) is 12.2. The first kappa shape index (κ1) is 16.4. The Morgan fingerprint density at radius 3 is 2.55 bits per heavy atom. The molecule has 0 aromatic heterocycles. The standard InChI is InChI=1S/C13H18ClN3O3/c1-3-13(15,4-2)8-16-12(18)11-9(14)6-5-7-10(11)17(19)20/h5-7H,3-4,8,15H2,1-2H3,(H,16,18). The number of carbonyl (C=O) groups is 1. The maximum Gasteiger partial charge on any atom is 0.283 e. The number of nitrogens with zero attached hydrogens (tertiary/aromatic N) is 1. The lowest BCUT2D eigenvalue weighted by Crippen LogP contribution is -2.49. The van der Waals surface area contributed by atoms with E-state index in [4.69, 9.17) is 17.3 Å². The van der Waals surface area contributed by atoms with Gasteiger partial charge in [0.25, 0.3) is 11.6 Å². The lowest BCUT2D eigenvalue weighted by Gasteiger charge is -2.26. The normalized spacial score (nSPS) is 11.2. The van der Waals surface area contributed by atoms with Crippen molar-refractivity contribution in [3.05, 3.63) is 38.9 Å². The lowest BCUT2D eigenvalue weighted by molar-refractivity contribution is -0.385. The zero-order valence-electron chi connectivity index (χ0n) is 11.5. The van der Waals surface area contributed by atoms with Gasteiger partial charge in [-0.1, -0.05) is 31.5 Å². The summed E-state index contributed by atoms with van der Waals surface area (Å²) in [5, 5.41) is 13.6. The third-order valence-corrected chi connectivity index (χ3v) is 3.74. The Hall–Kier alpha value is -1.66. The molecule has 3 N–H and O–H groups in total. The van der Waals surface area contributed by atoms with Crippen molar-refractivity contribution in [1.29, 1.82) is 0 Å². The van der Waals surface area contributed by atoms with Gasteiger partial charge in [-0.15, -0.1) is 0 Å². The monoisotopic (exact) mass is 299 g/mol. The maximum atomic E-state index is 12.1. The smallest absolute Gasteiger partial charge is 0.283 e. The third kappa shape index (κ3) is 3.68. The number of amides is 1. The van der Waals surface area contributed by atoms with E-state index in [0.717, 1.165) is 0 Å². The molecule has 0 saturated heterocycles. The molecule has 110 valence electrons. The summed E-state index contributed by atoms with van der Waals surface area (Å²) in [5.74, 6) is -0.584. The Kier molecular flexibility index (Phi) is 5.47. The number of halogens is 1. The molecule has 0 fully saturated rings. The molecule has 1 rings (SSSR count). The van der Waals surface area contributed by atoms with Gasteiger partial charge in [-0.05, 0) is 18.9 Å². The average Bonchev–Trinajstić information content (AvgIpc) is 2.44. The second-order valence-electron chi connectivity index (χ2n) is 4.64. The van der Waals surface area contributed by atoms with Crippen LogP contribution in [0.1, 0.15) is 37.0 Å². The molecule has 0 heterocycles. The molecule has 7 heteroatoms. The van der Waals surface area contributed by atoms with Gasteiger partial charge in [-0.2, -0.15) is 0 Å². The number of benzene rings is 1. The number of hydrogen-bond acceptors (Lipinski definition) is 4. The molecule has 0 unspecified atom stereocenters. The molecule has 0 aliphatic rings. The van der Waals surface area contributed by atoms with E-state index in [1.165, 1.54) is 18.2 Å². The second-order valence-corrected chi connectivity index (χ2v) is 5.05. The van der Waals surface area contributed by atoms with Crippen molar-refractivity contribution < 1.29 is 9.72 Å². The molecule has 1 amide bonds. The van der Waals surface area contributed by atoms with Crippen LogP contribution in [0.2, 0.25) is 5.02 Å². The van der Waals surface area contributed by atoms with Crippen molar-refractivity contribution in [1.82, 2.24) is 5.32 Å². The lowest BCUT2D eigenvalue weighted by atomic mass is 9.94. The average molecular weight is 300 g/mol. The summed E-state index contributed by atoms with van der Waals surface area (Å²) < 4.78 is 0. The highest BCUT2D eigenvalue weighted by atomic mass is 35.5. The topological polar surface area (TPSA) is 98.3 Å². The largest absolute Gasteiger partial charge is 0.350 e. The van der Waals surface area contributed by atoms with Crippen LogP contribution in [0.25, 0.3) is 0 Å². The molecule has 0 bridgehead atoms. The Morgan fingerprint density at radius 2 is 2.05 bits per heavy atom. The summed E-state index contributed by atoms with van der Waals surface area (Å²) in [6, 6.07) is 4.12. The summed E-state index contributed by atoms with van der Waals surface area (Å²) in [6.07, 6.45) is 1.38. The van der Waals surface area contributed by atoms with E-state index in [1.54, 1.807) is 0 Å². The molecule has 1 aromatic rings. The van der Waals surface area contributed by atoms with E-state index in [-0.39, 0.29) is 22.8 Å². The van der Waals surface area contributed by atoms with E-state index in [9.17, 15) is 14.9 Å². The van der Waals surface area contributed by atoms with Crippen molar-refractivity contribution in [3.8, 4) is 0 Å². The summed E-state index contributed by atoms with van der Waals surface area (Å²) >= 11 is 5.89. The highest BCUT2D eigenvalue weighted by Gasteiger charge is 2.26. The van der Waals surface area contributed by atoms with Crippen LogP contribution in [-0.4, -0.2) is 22.9 Å². The maximum absolute atomic E-state index is 12.1. The fourth-order valence-corrected chi connectivity index (χ4v) is 1.99. The van der Waals surface area contributed by atoms with Gasteiger partial charge >= 0.3 is 0 Å². The Bertz CT molecular complexity index is 516. The highest BCUT2D eigenvalue weighted by Crippen LogP contribution is 2.26. The number of rotatable bonds is 6. The number of nitro benzene ring substituents is 1. The predicted molar refractivity (Wildman–Crippen MR) is 77.9 cm³/mol. The van der Waals surface area contributed by atoms with Gasteiger partial charge < -0.3 is 11.1 Å².